The van der Waals surface area contributed by atoms with Gasteiger partial charge in [0.25, 0.3) is 0 Å². The van der Waals surface area contributed by atoms with Crippen LogP contribution in [0.3, 0.4) is 0 Å². The SMILES string of the molecule is COc1cc2c(c(OC)c1OC)-c1cc(=O)c(O)c(OC)cc1O[C@H](NC(C)=O)CC2. The third-order valence-electron chi connectivity index (χ3n) is 4.98. The van der Waals surface area contributed by atoms with Crippen molar-refractivity contribution < 1.29 is 33.6 Å². The lowest BCUT2D eigenvalue weighted by molar-refractivity contribution is -0.121. The molecule has 0 radical (unpaired) electrons. The number of hydrogen-bond acceptors (Lipinski definition) is 8. The van der Waals surface area contributed by atoms with Crippen LogP contribution in [0.4, 0.5) is 0 Å². The molecule has 2 aromatic rings. The Morgan fingerprint density at radius 2 is 1.71 bits per heavy atom. The molecule has 1 aliphatic rings. The number of amides is 1. The summed E-state index contributed by atoms with van der Waals surface area (Å²) in [5, 5.41) is 13.0. The molecule has 9 heteroatoms. The van der Waals surface area contributed by atoms with E-state index < -0.39 is 17.4 Å². The van der Waals surface area contributed by atoms with E-state index in [0.717, 1.165) is 5.56 Å². The number of aryl methyl sites for hydroxylation is 1. The number of rotatable bonds is 5. The van der Waals surface area contributed by atoms with E-state index >= 15 is 0 Å². The molecule has 0 fully saturated rings. The number of aromatic hydroxyl groups is 1. The Balaban J connectivity index is 2.42. The van der Waals surface area contributed by atoms with E-state index in [4.69, 9.17) is 23.7 Å². The van der Waals surface area contributed by atoms with Gasteiger partial charge in [0.1, 0.15) is 5.75 Å². The van der Waals surface area contributed by atoms with E-state index in [-0.39, 0.29) is 17.4 Å². The molecule has 1 aliphatic heterocycles. The third-order valence-corrected chi connectivity index (χ3v) is 4.98. The minimum atomic E-state index is -0.673. The zero-order valence-corrected chi connectivity index (χ0v) is 18.0. The van der Waals surface area contributed by atoms with Crippen LogP contribution in [0.2, 0.25) is 0 Å². The molecule has 31 heavy (non-hydrogen) atoms. The average molecular weight is 431 g/mol. The number of fused-ring (bicyclic) bond motifs is 3. The van der Waals surface area contributed by atoms with E-state index in [1.54, 1.807) is 6.07 Å². The van der Waals surface area contributed by atoms with Gasteiger partial charge < -0.3 is 34.1 Å². The van der Waals surface area contributed by atoms with Crippen molar-refractivity contribution >= 4 is 5.91 Å². The van der Waals surface area contributed by atoms with Crippen molar-refractivity contribution in [2.45, 2.75) is 26.0 Å². The van der Waals surface area contributed by atoms with Gasteiger partial charge in [-0.3, -0.25) is 9.59 Å². The lowest BCUT2D eigenvalue weighted by Gasteiger charge is -2.27. The molecule has 2 N–H and O–H groups in total. The fourth-order valence-corrected chi connectivity index (χ4v) is 3.63. The summed E-state index contributed by atoms with van der Waals surface area (Å²) >= 11 is 0. The monoisotopic (exact) mass is 431 g/mol. The Hall–Kier alpha value is -3.62. The molecule has 0 spiro atoms. The number of hydrogen-bond donors (Lipinski definition) is 2. The normalized spacial score (nSPS) is 14.7. The Morgan fingerprint density at radius 1 is 1.03 bits per heavy atom. The smallest absolute Gasteiger partial charge is 0.224 e. The highest BCUT2D eigenvalue weighted by molar-refractivity contribution is 5.84. The van der Waals surface area contributed by atoms with Crippen LogP contribution in [-0.4, -0.2) is 45.7 Å². The van der Waals surface area contributed by atoms with Gasteiger partial charge in [-0.1, -0.05) is 0 Å². The van der Waals surface area contributed by atoms with Crippen molar-refractivity contribution in [3.05, 3.63) is 34.0 Å². The van der Waals surface area contributed by atoms with Crippen molar-refractivity contribution in [1.29, 1.82) is 0 Å². The van der Waals surface area contributed by atoms with Gasteiger partial charge in [-0.25, -0.2) is 0 Å². The highest BCUT2D eigenvalue weighted by Gasteiger charge is 2.28. The quantitative estimate of drug-likeness (QED) is 0.741. The summed E-state index contributed by atoms with van der Waals surface area (Å²) in [5.74, 6) is 0.494. The lowest BCUT2D eigenvalue weighted by atomic mass is 9.93. The number of methoxy groups -OCH3 is 4. The molecule has 0 aliphatic carbocycles. The van der Waals surface area contributed by atoms with E-state index in [0.29, 0.717) is 41.2 Å². The second-order valence-corrected chi connectivity index (χ2v) is 6.87. The Bertz CT molecular complexity index is 1070. The van der Waals surface area contributed by atoms with E-state index in [9.17, 15) is 14.7 Å². The molecule has 1 atom stereocenters. The summed E-state index contributed by atoms with van der Waals surface area (Å²) in [7, 11) is 5.81. The molecule has 166 valence electrons. The maximum Gasteiger partial charge on any atom is 0.224 e. The molecule has 2 aromatic carbocycles. The summed E-state index contributed by atoms with van der Waals surface area (Å²) < 4.78 is 27.9. The van der Waals surface area contributed by atoms with Gasteiger partial charge in [0.05, 0.1) is 28.4 Å². The zero-order valence-electron chi connectivity index (χ0n) is 18.0. The van der Waals surface area contributed by atoms with Crippen molar-refractivity contribution in [2.24, 2.45) is 0 Å². The molecule has 1 heterocycles. The lowest BCUT2D eigenvalue weighted by Crippen LogP contribution is -2.38. The van der Waals surface area contributed by atoms with Crippen LogP contribution in [-0.2, 0) is 11.2 Å². The number of carbonyl (C=O) groups is 1. The van der Waals surface area contributed by atoms with Crippen LogP contribution in [0.15, 0.2) is 23.0 Å². The Kier molecular flexibility index (Phi) is 6.43. The predicted molar refractivity (Wildman–Crippen MR) is 113 cm³/mol. The van der Waals surface area contributed by atoms with Crippen LogP contribution < -0.4 is 34.4 Å². The summed E-state index contributed by atoms with van der Waals surface area (Å²) in [6.45, 7) is 1.39. The number of nitrogens with one attached hydrogen (secondary N) is 1. The van der Waals surface area contributed by atoms with Crippen molar-refractivity contribution in [3.63, 3.8) is 0 Å². The largest absolute Gasteiger partial charge is 0.502 e. The predicted octanol–water partition coefficient (Wildman–Crippen LogP) is 2.24. The fourth-order valence-electron chi connectivity index (χ4n) is 3.63. The standard InChI is InChI=1S/C22H25NO8/c1-11(24)23-18-7-6-12-8-17(28-3)21(29-4)22(30-5)19(12)13-9-14(25)20(26)16(27-2)10-15(13)31-18/h8-10,18H,6-7H2,1-5H3,(H,23,24)(H,25,26)/t18-/m0/s1. The highest BCUT2D eigenvalue weighted by Crippen LogP contribution is 2.50. The molecule has 0 saturated heterocycles. The topological polar surface area (TPSA) is 113 Å². The van der Waals surface area contributed by atoms with Crippen LogP contribution in [0, 0.1) is 0 Å². The molecular weight excluding hydrogens is 406 g/mol. The molecule has 3 rings (SSSR count). The molecular formula is C22H25NO8. The highest BCUT2D eigenvalue weighted by atomic mass is 16.5. The van der Waals surface area contributed by atoms with E-state index in [1.807, 2.05) is 0 Å². The average Bonchev–Trinajstić information content (AvgIpc) is 2.85. The minimum Gasteiger partial charge on any atom is -0.502 e. The summed E-state index contributed by atoms with van der Waals surface area (Å²) in [5.41, 5.74) is 1.04. The third kappa shape index (κ3) is 4.16. The first-order valence-electron chi connectivity index (χ1n) is 9.55. The summed E-state index contributed by atoms with van der Waals surface area (Å²) in [6.07, 6.45) is 0.238. The molecule has 0 bridgehead atoms. The molecule has 1 amide bonds. The zero-order chi connectivity index (χ0) is 22.7. The second kappa shape index (κ2) is 9.03. The van der Waals surface area contributed by atoms with Gasteiger partial charge in [-0.15, -0.1) is 0 Å². The van der Waals surface area contributed by atoms with Gasteiger partial charge >= 0.3 is 0 Å². The minimum absolute atomic E-state index is 0.0607. The van der Waals surface area contributed by atoms with E-state index in [1.165, 1.54) is 47.5 Å². The Labute approximate surface area is 179 Å². The second-order valence-electron chi connectivity index (χ2n) is 6.87. The van der Waals surface area contributed by atoms with Crippen molar-refractivity contribution in [2.75, 3.05) is 28.4 Å². The number of benzene rings is 1. The molecule has 0 unspecified atom stereocenters. The molecule has 0 saturated carbocycles. The number of carbonyl (C=O) groups excluding carboxylic acids is 1. The summed E-state index contributed by atoms with van der Waals surface area (Å²) in [6, 6.07) is 4.45. The van der Waals surface area contributed by atoms with Crippen LogP contribution >= 0.6 is 0 Å². The maximum absolute atomic E-state index is 12.7. The van der Waals surface area contributed by atoms with Gasteiger partial charge in [-0.2, -0.15) is 0 Å². The van der Waals surface area contributed by atoms with Crippen LogP contribution in [0.5, 0.6) is 34.5 Å². The molecule has 9 nitrogen and oxygen atoms in total. The molecule has 0 aromatic heterocycles. The van der Waals surface area contributed by atoms with Crippen molar-refractivity contribution in [3.8, 4) is 45.6 Å². The van der Waals surface area contributed by atoms with E-state index in [2.05, 4.69) is 5.32 Å². The van der Waals surface area contributed by atoms with Crippen molar-refractivity contribution in [1.82, 2.24) is 5.32 Å². The number of ether oxygens (including phenoxy) is 5. The maximum atomic E-state index is 12.7. The van der Waals surface area contributed by atoms with Crippen LogP contribution in [0.25, 0.3) is 11.1 Å². The first kappa shape index (κ1) is 22.1. The van der Waals surface area contributed by atoms with Gasteiger partial charge in [0, 0.05) is 36.6 Å². The first-order chi connectivity index (χ1) is 14.8. The fraction of sp³-hybridized carbons (Fsp3) is 0.364. The van der Waals surface area contributed by atoms with Gasteiger partial charge in [-0.05, 0) is 18.1 Å². The Morgan fingerprint density at radius 3 is 2.29 bits per heavy atom. The van der Waals surface area contributed by atoms with Gasteiger partial charge in [0.15, 0.2) is 23.5 Å². The van der Waals surface area contributed by atoms with Crippen LogP contribution in [0.1, 0.15) is 18.9 Å². The summed E-state index contributed by atoms with van der Waals surface area (Å²) in [4.78, 5) is 24.3. The van der Waals surface area contributed by atoms with Gasteiger partial charge in [0.2, 0.25) is 22.8 Å². The first-order valence-corrected chi connectivity index (χ1v) is 9.55.